The van der Waals surface area contributed by atoms with Crippen molar-refractivity contribution in [2.24, 2.45) is 7.05 Å². The minimum absolute atomic E-state index is 0.00403. The predicted molar refractivity (Wildman–Crippen MR) is 55.7 cm³/mol. The first-order valence-corrected chi connectivity index (χ1v) is 5.13. The number of ketones is 1. The minimum Gasteiger partial charge on any atom is -0.340 e. The molecule has 4 heteroatoms. The molecule has 2 rings (SSSR count). The smallest absolute Gasteiger partial charge is 0.214 e. The zero-order valence-corrected chi connectivity index (χ0v) is 8.84. The third kappa shape index (κ3) is 1.48. The van der Waals surface area contributed by atoms with Crippen molar-refractivity contribution in [1.29, 1.82) is 0 Å². The molecule has 0 unspecified atom stereocenters. The average Bonchev–Trinajstić information content (AvgIpc) is 2.73. The van der Waals surface area contributed by atoms with Gasteiger partial charge in [0.2, 0.25) is 5.78 Å². The van der Waals surface area contributed by atoms with Crippen LogP contribution in [0.3, 0.4) is 0 Å². The molecule has 0 aliphatic rings. The van der Waals surface area contributed by atoms with Gasteiger partial charge in [0.1, 0.15) is 5.69 Å². The standard InChI is InChI=1S/C10H10N2OS/c1-7-8(3-4-14-7)10(13)9-5-12(2)6-11-9/h3-6H,1-2H3. The molecule has 0 bridgehead atoms. The van der Waals surface area contributed by atoms with Gasteiger partial charge in [-0.15, -0.1) is 11.3 Å². The molecule has 0 saturated carbocycles. The summed E-state index contributed by atoms with van der Waals surface area (Å²) in [5.41, 5.74) is 1.27. The predicted octanol–water partition coefficient (Wildman–Crippen LogP) is 2.02. The lowest BCUT2D eigenvalue weighted by atomic mass is 10.1. The fourth-order valence-corrected chi connectivity index (χ4v) is 1.98. The van der Waals surface area contributed by atoms with E-state index in [1.54, 1.807) is 28.4 Å². The highest BCUT2D eigenvalue weighted by molar-refractivity contribution is 7.10. The van der Waals surface area contributed by atoms with Gasteiger partial charge in [-0.05, 0) is 18.4 Å². The third-order valence-corrected chi connectivity index (χ3v) is 2.89. The fraction of sp³-hybridized carbons (Fsp3) is 0.200. The van der Waals surface area contributed by atoms with Crippen LogP contribution < -0.4 is 0 Å². The maximum atomic E-state index is 11.9. The van der Waals surface area contributed by atoms with Gasteiger partial charge in [0.25, 0.3) is 0 Å². The number of carbonyl (C=O) groups excluding carboxylic acids is 1. The largest absolute Gasteiger partial charge is 0.340 e. The monoisotopic (exact) mass is 206 g/mol. The first-order chi connectivity index (χ1) is 6.68. The molecule has 0 spiro atoms. The molecular weight excluding hydrogens is 196 g/mol. The summed E-state index contributed by atoms with van der Waals surface area (Å²) < 4.78 is 1.77. The second kappa shape index (κ2) is 3.38. The molecule has 0 atom stereocenters. The summed E-state index contributed by atoms with van der Waals surface area (Å²) in [6.07, 6.45) is 3.37. The highest BCUT2D eigenvalue weighted by Gasteiger charge is 2.14. The molecule has 72 valence electrons. The number of carbonyl (C=O) groups is 1. The van der Waals surface area contributed by atoms with E-state index in [0.29, 0.717) is 5.69 Å². The van der Waals surface area contributed by atoms with Crippen LogP contribution in [0.25, 0.3) is 0 Å². The van der Waals surface area contributed by atoms with Gasteiger partial charge >= 0.3 is 0 Å². The molecular formula is C10H10N2OS. The zero-order chi connectivity index (χ0) is 10.1. The molecule has 0 N–H and O–H groups in total. The zero-order valence-electron chi connectivity index (χ0n) is 8.02. The maximum absolute atomic E-state index is 11.9. The quantitative estimate of drug-likeness (QED) is 0.705. The van der Waals surface area contributed by atoms with E-state index in [-0.39, 0.29) is 5.78 Å². The number of thiophene rings is 1. The number of nitrogens with zero attached hydrogens (tertiary/aromatic N) is 2. The molecule has 0 amide bonds. The molecule has 2 aromatic heterocycles. The van der Waals surface area contributed by atoms with Crippen LogP contribution in [-0.2, 0) is 7.05 Å². The Morgan fingerprint density at radius 2 is 2.36 bits per heavy atom. The van der Waals surface area contributed by atoms with Crippen LogP contribution >= 0.6 is 11.3 Å². The average molecular weight is 206 g/mol. The molecule has 2 heterocycles. The summed E-state index contributed by atoms with van der Waals surface area (Å²) in [7, 11) is 1.85. The van der Waals surface area contributed by atoms with E-state index >= 15 is 0 Å². The van der Waals surface area contributed by atoms with Gasteiger partial charge in [-0.25, -0.2) is 4.98 Å². The van der Waals surface area contributed by atoms with Gasteiger partial charge in [0, 0.05) is 23.7 Å². The van der Waals surface area contributed by atoms with E-state index in [0.717, 1.165) is 10.4 Å². The summed E-state index contributed by atoms with van der Waals surface area (Å²) in [5.74, 6) is 0.00403. The van der Waals surface area contributed by atoms with E-state index in [2.05, 4.69) is 4.98 Å². The molecule has 0 saturated heterocycles. The maximum Gasteiger partial charge on any atom is 0.214 e. The van der Waals surface area contributed by atoms with Crippen molar-refractivity contribution in [1.82, 2.24) is 9.55 Å². The lowest BCUT2D eigenvalue weighted by molar-refractivity contribution is 0.103. The van der Waals surface area contributed by atoms with Crippen molar-refractivity contribution in [2.75, 3.05) is 0 Å². The lowest BCUT2D eigenvalue weighted by Gasteiger charge is -1.94. The van der Waals surface area contributed by atoms with Crippen LogP contribution in [-0.4, -0.2) is 15.3 Å². The van der Waals surface area contributed by atoms with E-state index in [4.69, 9.17) is 0 Å². The van der Waals surface area contributed by atoms with Crippen molar-refractivity contribution < 1.29 is 4.79 Å². The third-order valence-electron chi connectivity index (χ3n) is 2.04. The number of hydrogen-bond donors (Lipinski definition) is 0. The van der Waals surface area contributed by atoms with Gasteiger partial charge in [-0.1, -0.05) is 0 Å². The number of aryl methyl sites for hydroxylation is 2. The summed E-state index contributed by atoms with van der Waals surface area (Å²) in [6, 6.07) is 1.84. The van der Waals surface area contributed by atoms with Crippen LogP contribution in [0.2, 0.25) is 0 Å². The molecule has 2 aromatic rings. The van der Waals surface area contributed by atoms with Crippen LogP contribution in [0.4, 0.5) is 0 Å². The Balaban J connectivity index is 2.38. The Bertz CT molecular complexity index is 470. The minimum atomic E-state index is 0.00403. The highest BCUT2D eigenvalue weighted by Crippen LogP contribution is 2.17. The van der Waals surface area contributed by atoms with Gasteiger partial charge < -0.3 is 4.57 Å². The molecule has 0 aliphatic heterocycles. The van der Waals surface area contributed by atoms with Crippen LogP contribution in [0.15, 0.2) is 24.0 Å². The van der Waals surface area contributed by atoms with Crippen molar-refractivity contribution in [2.45, 2.75) is 6.92 Å². The summed E-state index contributed by atoms with van der Waals surface area (Å²) in [6.45, 7) is 1.95. The molecule has 0 aliphatic carbocycles. The summed E-state index contributed by atoms with van der Waals surface area (Å²) >= 11 is 1.58. The Morgan fingerprint density at radius 1 is 1.57 bits per heavy atom. The molecule has 0 radical (unpaired) electrons. The van der Waals surface area contributed by atoms with Crippen LogP contribution in [0, 0.1) is 6.92 Å². The van der Waals surface area contributed by atoms with Crippen LogP contribution in [0.1, 0.15) is 20.9 Å². The SMILES string of the molecule is Cc1sccc1C(=O)c1cn(C)cn1. The first-order valence-electron chi connectivity index (χ1n) is 4.25. The Morgan fingerprint density at radius 3 is 2.86 bits per heavy atom. The Labute approximate surface area is 86.0 Å². The topological polar surface area (TPSA) is 34.9 Å². The number of rotatable bonds is 2. The Kier molecular flexibility index (Phi) is 2.21. The van der Waals surface area contributed by atoms with Gasteiger partial charge in [-0.3, -0.25) is 4.79 Å². The number of hydrogen-bond acceptors (Lipinski definition) is 3. The lowest BCUT2D eigenvalue weighted by Crippen LogP contribution is -2.01. The van der Waals surface area contributed by atoms with E-state index in [1.165, 1.54) is 0 Å². The normalized spacial score (nSPS) is 10.4. The molecule has 0 aromatic carbocycles. The number of imidazole rings is 1. The van der Waals surface area contributed by atoms with E-state index < -0.39 is 0 Å². The second-order valence-corrected chi connectivity index (χ2v) is 4.26. The van der Waals surface area contributed by atoms with Crippen LogP contribution in [0.5, 0.6) is 0 Å². The molecule has 0 fully saturated rings. The van der Waals surface area contributed by atoms with Gasteiger partial charge in [0.15, 0.2) is 0 Å². The molecule has 3 nitrogen and oxygen atoms in total. The highest BCUT2D eigenvalue weighted by atomic mass is 32.1. The van der Waals surface area contributed by atoms with Crippen molar-refractivity contribution in [3.63, 3.8) is 0 Å². The Hall–Kier alpha value is -1.42. The van der Waals surface area contributed by atoms with Gasteiger partial charge in [0.05, 0.1) is 6.33 Å². The first kappa shape index (κ1) is 9.15. The number of aromatic nitrogens is 2. The molecule has 14 heavy (non-hydrogen) atoms. The van der Waals surface area contributed by atoms with E-state index in [1.807, 2.05) is 25.4 Å². The van der Waals surface area contributed by atoms with Crippen molar-refractivity contribution in [3.05, 3.63) is 40.1 Å². The fourth-order valence-electron chi connectivity index (χ4n) is 1.29. The van der Waals surface area contributed by atoms with Gasteiger partial charge in [-0.2, -0.15) is 0 Å². The van der Waals surface area contributed by atoms with E-state index in [9.17, 15) is 4.79 Å². The summed E-state index contributed by atoms with van der Waals surface area (Å²) in [5, 5.41) is 1.92. The second-order valence-electron chi connectivity index (χ2n) is 3.14. The summed E-state index contributed by atoms with van der Waals surface area (Å²) in [4.78, 5) is 16.9. The van der Waals surface area contributed by atoms with Crippen molar-refractivity contribution in [3.8, 4) is 0 Å². The van der Waals surface area contributed by atoms with Crippen molar-refractivity contribution >= 4 is 17.1 Å².